The monoisotopic (exact) mass is 303 g/mol. The van der Waals surface area contributed by atoms with Crippen LogP contribution >= 0.6 is 0 Å². The normalized spacial score (nSPS) is 12.0. The minimum atomic E-state index is -0.387. The van der Waals surface area contributed by atoms with Gasteiger partial charge in [-0.05, 0) is 54.3 Å². The van der Waals surface area contributed by atoms with Crippen LogP contribution in [-0.2, 0) is 0 Å². The number of halogens is 1. The van der Waals surface area contributed by atoms with Gasteiger partial charge in [-0.25, -0.2) is 4.39 Å². The third-order valence-electron chi connectivity index (χ3n) is 3.86. The molecule has 2 N–H and O–H groups in total. The van der Waals surface area contributed by atoms with Crippen LogP contribution in [0.1, 0.15) is 24.8 Å². The van der Waals surface area contributed by atoms with E-state index >= 15 is 0 Å². The second kappa shape index (κ2) is 7.27. The lowest BCUT2D eigenvalue weighted by Crippen LogP contribution is -2.05. The van der Waals surface area contributed by atoms with Crippen molar-refractivity contribution < 1.29 is 13.9 Å². The van der Waals surface area contributed by atoms with E-state index in [0.717, 1.165) is 23.1 Å². The van der Waals surface area contributed by atoms with E-state index in [1.54, 1.807) is 13.2 Å². The molecule has 0 aromatic heterocycles. The summed E-state index contributed by atoms with van der Waals surface area (Å²) in [4.78, 5) is 0. The minimum absolute atomic E-state index is 0.232. The molecule has 1 unspecified atom stereocenters. The smallest absolute Gasteiger partial charge is 0.165 e. The zero-order valence-electron chi connectivity index (χ0n) is 13.2. The van der Waals surface area contributed by atoms with Gasteiger partial charge >= 0.3 is 0 Å². The van der Waals surface area contributed by atoms with E-state index in [1.165, 1.54) is 13.2 Å². The third-order valence-corrected chi connectivity index (χ3v) is 3.86. The van der Waals surface area contributed by atoms with Crippen LogP contribution in [0.2, 0.25) is 0 Å². The molecule has 0 bridgehead atoms. The summed E-state index contributed by atoms with van der Waals surface area (Å²) in [5.41, 5.74) is 8.43. The molecule has 0 aliphatic heterocycles. The van der Waals surface area contributed by atoms with E-state index in [0.29, 0.717) is 18.2 Å². The third kappa shape index (κ3) is 3.39. The molecule has 118 valence electrons. The molecular weight excluding hydrogens is 281 g/mol. The molecule has 0 aliphatic rings. The largest absolute Gasteiger partial charge is 0.496 e. The molecular formula is C18H22FNO2. The van der Waals surface area contributed by atoms with Crippen molar-refractivity contribution in [3.05, 3.63) is 47.8 Å². The molecule has 22 heavy (non-hydrogen) atoms. The van der Waals surface area contributed by atoms with Gasteiger partial charge in [0.25, 0.3) is 0 Å². The Morgan fingerprint density at radius 1 is 1.05 bits per heavy atom. The van der Waals surface area contributed by atoms with Crippen molar-refractivity contribution in [3.8, 4) is 22.6 Å². The SMILES string of the molecule is COc1ccc(-c2cc(C(C)CCN)ccc2OC)cc1F. The summed E-state index contributed by atoms with van der Waals surface area (Å²) >= 11 is 0. The van der Waals surface area contributed by atoms with E-state index in [9.17, 15) is 4.39 Å². The number of hydrogen-bond donors (Lipinski definition) is 1. The summed E-state index contributed by atoms with van der Waals surface area (Å²) in [6.07, 6.45) is 0.905. The number of rotatable bonds is 6. The molecule has 0 heterocycles. The number of methoxy groups -OCH3 is 2. The van der Waals surface area contributed by atoms with E-state index in [4.69, 9.17) is 15.2 Å². The Hall–Kier alpha value is -2.07. The van der Waals surface area contributed by atoms with Gasteiger partial charge in [-0.2, -0.15) is 0 Å². The number of nitrogens with two attached hydrogens (primary N) is 1. The summed E-state index contributed by atoms with van der Waals surface area (Å²) < 4.78 is 24.3. The Labute approximate surface area is 130 Å². The highest BCUT2D eigenvalue weighted by molar-refractivity contribution is 5.72. The van der Waals surface area contributed by atoms with Crippen LogP contribution < -0.4 is 15.2 Å². The first kappa shape index (κ1) is 16.3. The molecule has 2 aromatic rings. The highest BCUT2D eigenvalue weighted by Gasteiger charge is 2.13. The van der Waals surface area contributed by atoms with Crippen molar-refractivity contribution in [2.45, 2.75) is 19.3 Å². The van der Waals surface area contributed by atoms with Crippen LogP contribution in [0.4, 0.5) is 4.39 Å². The highest BCUT2D eigenvalue weighted by Crippen LogP contribution is 2.35. The van der Waals surface area contributed by atoms with Gasteiger partial charge in [0.1, 0.15) is 5.75 Å². The Morgan fingerprint density at radius 3 is 2.32 bits per heavy atom. The highest BCUT2D eigenvalue weighted by atomic mass is 19.1. The van der Waals surface area contributed by atoms with Gasteiger partial charge < -0.3 is 15.2 Å². The summed E-state index contributed by atoms with van der Waals surface area (Å²) in [7, 11) is 3.06. The second-order valence-electron chi connectivity index (χ2n) is 5.29. The first-order valence-electron chi connectivity index (χ1n) is 7.32. The average molecular weight is 303 g/mol. The van der Waals surface area contributed by atoms with Crippen molar-refractivity contribution in [2.24, 2.45) is 5.73 Å². The van der Waals surface area contributed by atoms with Crippen molar-refractivity contribution >= 4 is 0 Å². The predicted octanol–water partition coefficient (Wildman–Crippen LogP) is 3.96. The summed E-state index contributed by atoms with van der Waals surface area (Å²) in [6, 6.07) is 10.9. The number of ether oxygens (including phenoxy) is 2. The maximum atomic E-state index is 14.0. The van der Waals surface area contributed by atoms with Crippen LogP contribution in [0.25, 0.3) is 11.1 Å². The molecule has 0 fully saturated rings. The standard InChI is InChI=1S/C18H22FNO2/c1-12(8-9-20)13-4-6-17(21-2)15(10-13)14-5-7-18(22-3)16(19)11-14/h4-7,10-12H,8-9,20H2,1-3H3. The molecule has 4 heteroatoms. The quantitative estimate of drug-likeness (QED) is 0.878. The van der Waals surface area contributed by atoms with Crippen LogP contribution in [0.15, 0.2) is 36.4 Å². The Kier molecular flexibility index (Phi) is 5.39. The molecule has 1 atom stereocenters. The maximum Gasteiger partial charge on any atom is 0.165 e. The molecule has 2 rings (SSSR count). The van der Waals surface area contributed by atoms with Crippen molar-refractivity contribution in [3.63, 3.8) is 0 Å². The molecule has 0 aliphatic carbocycles. The number of hydrogen-bond acceptors (Lipinski definition) is 3. The Bertz CT molecular complexity index is 643. The van der Waals surface area contributed by atoms with Crippen LogP contribution in [-0.4, -0.2) is 20.8 Å². The van der Waals surface area contributed by atoms with Gasteiger partial charge in [-0.3, -0.25) is 0 Å². The maximum absolute atomic E-state index is 14.0. The fraction of sp³-hybridized carbons (Fsp3) is 0.333. The lowest BCUT2D eigenvalue weighted by atomic mass is 9.93. The van der Waals surface area contributed by atoms with E-state index in [1.807, 2.05) is 24.3 Å². The van der Waals surface area contributed by atoms with Crippen LogP contribution in [0.5, 0.6) is 11.5 Å². The molecule has 0 amide bonds. The fourth-order valence-electron chi connectivity index (χ4n) is 2.51. The predicted molar refractivity (Wildman–Crippen MR) is 87.0 cm³/mol. The molecule has 0 spiro atoms. The number of benzene rings is 2. The van der Waals surface area contributed by atoms with Crippen molar-refractivity contribution in [1.29, 1.82) is 0 Å². The van der Waals surface area contributed by atoms with Gasteiger partial charge in [-0.15, -0.1) is 0 Å². The average Bonchev–Trinajstić information content (AvgIpc) is 2.54. The summed E-state index contributed by atoms with van der Waals surface area (Å²) in [6.45, 7) is 2.77. The molecule has 0 saturated carbocycles. The van der Waals surface area contributed by atoms with Crippen molar-refractivity contribution in [1.82, 2.24) is 0 Å². The molecule has 0 radical (unpaired) electrons. The Morgan fingerprint density at radius 2 is 1.73 bits per heavy atom. The summed E-state index contributed by atoms with van der Waals surface area (Å²) in [5.74, 6) is 0.906. The van der Waals surface area contributed by atoms with Crippen molar-refractivity contribution in [2.75, 3.05) is 20.8 Å². The Balaban J connectivity index is 2.47. The minimum Gasteiger partial charge on any atom is -0.496 e. The molecule has 3 nitrogen and oxygen atoms in total. The van der Waals surface area contributed by atoms with Gasteiger partial charge in [0.15, 0.2) is 11.6 Å². The van der Waals surface area contributed by atoms with E-state index < -0.39 is 0 Å². The topological polar surface area (TPSA) is 44.5 Å². The van der Waals surface area contributed by atoms with Crippen LogP contribution in [0, 0.1) is 5.82 Å². The second-order valence-corrected chi connectivity index (χ2v) is 5.29. The van der Waals surface area contributed by atoms with Gasteiger partial charge in [0.2, 0.25) is 0 Å². The summed E-state index contributed by atoms with van der Waals surface area (Å²) in [5, 5.41) is 0. The first-order chi connectivity index (χ1) is 10.6. The lowest BCUT2D eigenvalue weighted by Gasteiger charge is -2.15. The van der Waals surface area contributed by atoms with Gasteiger partial charge in [0.05, 0.1) is 14.2 Å². The zero-order chi connectivity index (χ0) is 16.1. The van der Waals surface area contributed by atoms with Gasteiger partial charge in [0, 0.05) is 5.56 Å². The zero-order valence-corrected chi connectivity index (χ0v) is 13.2. The van der Waals surface area contributed by atoms with E-state index in [-0.39, 0.29) is 11.6 Å². The van der Waals surface area contributed by atoms with E-state index in [2.05, 4.69) is 6.92 Å². The van der Waals surface area contributed by atoms with Crippen LogP contribution in [0.3, 0.4) is 0 Å². The van der Waals surface area contributed by atoms with Gasteiger partial charge in [-0.1, -0.05) is 19.1 Å². The molecule has 2 aromatic carbocycles. The lowest BCUT2D eigenvalue weighted by molar-refractivity contribution is 0.386. The first-order valence-corrected chi connectivity index (χ1v) is 7.32. The fourth-order valence-corrected chi connectivity index (χ4v) is 2.51. The molecule has 0 saturated heterocycles.